The van der Waals surface area contributed by atoms with Gasteiger partial charge < -0.3 is 10.6 Å². The van der Waals surface area contributed by atoms with Crippen LogP contribution in [0.1, 0.15) is 6.42 Å². The highest BCUT2D eigenvalue weighted by Gasteiger charge is 2.29. The van der Waals surface area contributed by atoms with Gasteiger partial charge in [-0.3, -0.25) is 4.79 Å². The topological polar surface area (TPSA) is 85.3 Å². The first kappa shape index (κ1) is 9.29. The molecule has 16 heavy (non-hydrogen) atoms. The Hall–Kier alpha value is -1.95. The molecule has 0 saturated carbocycles. The van der Waals surface area contributed by atoms with Gasteiger partial charge in [-0.15, -0.1) is 0 Å². The predicted octanol–water partition coefficient (Wildman–Crippen LogP) is 0.287. The minimum absolute atomic E-state index is 0.0167. The molecule has 1 saturated heterocycles. The van der Waals surface area contributed by atoms with E-state index in [0.717, 1.165) is 5.69 Å². The average Bonchev–Trinajstić information content (AvgIpc) is 2.84. The zero-order valence-corrected chi connectivity index (χ0v) is 8.46. The Morgan fingerprint density at radius 3 is 3.06 bits per heavy atom. The van der Waals surface area contributed by atoms with E-state index in [0.29, 0.717) is 24.0 Å². The number of fused-ring (bicyclic) bond motifs is 1. The number of hydrogen-bond donors (Lipinski definition) is 1. The Kier molecular flexibility index (Phi) is 1.90. The van der Waals surface area contributed by atoms with E-state index in [1.165, 1.54) is 0 Å². The van der Waals surface area contributed by atoms with Crippen molar-refractivity contribution in [1.29, 1.82) is 0 Å². The maximum Gasteiger partial charge on any atom is 0.228 e. The molecule has 2 heterocycles. The van der Waals surface area contributed by atoms with Gasteiger partial charge in [-0.1, -0.05) is 6.07 Å². The first-order valence-corrected chi connectivity index (χ1v) is 5.03. The molecule has 1 amide bonds. The Bertz CT molecular complexity index is 550. The zero-order valence-electron chi connectivity index (χ0n) is 8.46. The van der Waals surface area contributed by atoms with Crippen LogP contribution in [0, 0.1) is 0 Å². The highest BCUT2D eigenvalue weighted by atomic mass is 16.6. The summed E-state index contributed by atoms with van der Waals surface area (Å²) in [4.78, 5) is 13.4. The van der Waals surface area contributed by atoms with Crippen molar-refractivity contribution in [2.45, 2.75) is 12.5 Å². The molecule has 3 rings (SSSR count). The lowest BCUT2D eigenvalue weighted by atomic mass is 10.2. The minimum Gasteiger partial charge on any atom is -0.326 e. The van der Waals surface area contributed by atoms with Crippen LogP contribution in [-0.4, -0.2) is 28.8 Å². The zero-order chi connectivity index (χ0) is 11.1. The van der Waals surface area contributed by atoms with Crippen molar-refractivity contribution in [2.24, 2.45) is 5.73 Å². The van der Waals surface area contributed by atoms with E-state index in [4.69, 9.17) is 5.73 Å². The van der Waals surface area contributed by atoms with Crippen LogP contribution in [0.2, 0.25) is 0 Å². The number of carbonyl (C=O) groups is 1. The molecule has 6 nitrogen and oxygen atoms in total. The minimum atomic E-state index is -0.109. The molecule has 1 aliphatic rings. The van der Waals surface area contributed by atoms with Crippen molar-refractivity contribution in [3.05, 3.63) is 18.2 Å². The quantitative estimate of drug-likeness (QED) is 0.743. The molecule has 0 bridgehead atoms. The van der Waals surface area contributed by atoms with Crippen LogP contribution < -0.4 is 10.6 Å². The molecule has 1 unspecified atom stereocenters. The first-order chi connectivity index (χ1) is 7.75. The third kappa shape index (κ3) is 1.27. The number of benzene rings is 1. The molecule has 2 aromatic rings. The fraction of sp³-hybridized carbons (Fsp3) is 0.300. The van der Waals surface area contributed by atoms with Crippen LogP contribution in [0.15, 0.2) is 22.8 Å². The fourth-order valence-corrected chi connectivity index (χ4v) is 1.98. The van der Waals surface area contributed by atoms with Crippen molar-refractivity contribution >= 4 is 22.6 Å². The standard InChI is InChI=1S/C10H10N4O2/c11-6-4-9(15)14(5-6)8-3-1-2-7-10(8)13-16-12-7/h1-3,6H,4-5,11H2. The smallest absolute Gasteiger partial charge is 0.228 e. The summed E-state index contributed by atoms with van der Waals surface area (Å²) >= 11 is 0. The molecule has 0 spiro atoms. The summed E-state index contributed by atoms with van der Waals surface area (Å²) in [6.07, 6.45) is 0.377. The second-order valence-corrected chi connectivity index (χ2v) is 3.88. The van der Waals surface area contributed by atoms with Gasteiger partial charge >= 0.3 is 0 Å². The summed E-state index contributed by atoms with van der Waals surface area (Å²) in [6.45, 7) is 0.519. The number of hydrogen-bond acceptors (Lipinski definition) is 5. The summed E-state index contributed by atoms with van der Waals surface area (Å²) in [5.74, 6) is 0.0167. The maximum absolute atomic E-state index is 11.7. The number of anilines is 1. The molecule has 1 aliphatic heterocycles. The number of nitrogens with two attached hydrogens (primary N) is 1. The third-order valence-corrected chi connectivity index (χ3v) is 2.71. The van der Waals surface area contributed by atoms with Crippen LogP contribution in [0.4, 0.5) is 5.69 Å². The number of rotatable bonds is 1. The lowest BCUT2D eigenvalue weighted by Gasteiger charge is -2.15. The summed E-state index contributed by atoms with van der Waals surface area (Å²) in [6, 6.07) is 5.32. The number of nitrogens with zero attached hydrogens (tertiary/aromatic N) is 3. The summed E-state index contributed by atoms with van der Waals surface area (Å²) < 4.78 is 4.66. The summed E-state index contributed by atoms with van der Waals surface area (Å²) in [5, 5.41) is 7.54. The molecule has 6 heteroatoms. The van der Waals surface area contributed by atoms with Crippen molar-refractivity contribution < 1.29 is 9.42 Å². The van der Waals surface area contributed by atoms with Crippen LogP contribution >= 0.6 is 0 Å². The SMILES string of the molecule is NC1CC(=O)N(c2cccc3nonc23)C1. The molecule has 1 aromatic carbocycles. The van der Waals surface area contributed by atoms with E-state index in [9.17, 15) is 4.79 Å². The van der Waals surface area contributed by atoms with E-state index < -0.39 is 0 Å². The number of amides is 1. The van der Waals surface area contributed by atoms with Crippen molar-refractivity contribution in [1.82, 2.24) is 10.3 Å². The first-order valence-electron chi connectivity index (χ1n) is 5.03. The Morgan fingerprint density at radius 1 is 1.44 bits per heavy atom. The monoisotopic (exact) mass is 218 g/mol. The molecular formula is C10H10N4O2. The second kappa shape index (κ2) is 3.28. The molecule has 1 aromatic heterocycles. The van der Waals surface area contributed by atoms with Crippen molar-refractivity contribution in [3.63, 3.8) is 0 Å². The van der Waals surface area contributed by atoms with Crippen LogP contribution in [0.3, 0.4) is 0 Å². The van der Waals surface area contributed by atoms with E-state index in [1.807, 2.05) is 12.1 Å². The number of aromatic nitrogens is 2. The maximum atomic E-state index is 11.7. The Balaban J connectivity index is 2.12. The van der Waals surface area contributed by atoms with E-state index >= 15 is 0 Å². The van der Waals surface area contributed by atoms with Crippen LogP contribution in [0.5, 0.6) is 0 Å². The molecule has 0 aliphatic carbocycles. The van der Waals surface area contributed by atoms with E-state index in [1.54, 1.807) is 11.0 Å². The number of carbonyl (C=O) groups excluding carboxylic acids is 1. The van der Waals surface area contributed by atoms with Gasteiger partial charge in [0.05, 0.1) is 5.69 Å². The molecular weight excluding hydrogens is 208 g/mol. The van der Waals surface area contributed by atoms with E-state index in [-0.39, 0.29) is 11.9 Å². The van der Waals surface area contributed by atoms with Gasteiger partial charge in [0, 0.05) is 19.0 Å². The van der Waals surface area contributed by atoms with Gasteiger partial charge in [-0.05, 0) is 22.4 Å². The largest absolute Gasteiger partial charge is 0.326 e. The lowest BCUT2D eigenvalue weighted by molar-refractivity contribution is -0.117. The van der Waals surface area contributed by atoms with Gasteiger partial charge in [0.2, 0.25) is 5.91 Å². The van der Waals surface area contributed by atoms with E-state index in [2.05, 4.69) is 14.9 Å². The molecule has 0 radical (unpaired) electrons. The Morgan fingerprint density at radius 2 is 2.31 bits per heavy atom. The van der Waals surface area contributed by atoms with Crippen LogP contribution in [0.25, 0.3) is 11.0 Å². The van der Waals surface area contributed by atoms with Gasteiger partial charge in [-0.2, -0.15) is 0 Å². The van der Waals surface area contributed by atoms with Gasteiger partial charge in [-0.25, -0.2) is 4.63 Å². The summed E-state index contributed by atoms with van der Waals surface area (Å²) in [5.41, 5.74) is 7.72. The second-order valence-electron chi connectivity index (χ2n) is 3.88. The van der Waals surface area contributed by atoms with Gasteiger partial charge in [0.25, 0.3) is 0 Å². The molecule has 1 atom stereocenters. The van der Waals surface area contributed by atoms with Crippen LogP contribution in [-0.2, 0) is 4.79 Å². The highest BCUT2D eigenvalue weighted by molar-refractivity contribution is 6.02. The van der Waals surface area contributed by atoms with Crippen molar-refractivity contribution in [2.75, 3.05) is 11.4 Å². The van der Waals surface area contributed by atoms with Crippen molar-refractivity contribution in [3.8, 4) is 0 Å². The molecule has 1 fully saturated rings. The molecule has 82 valence electrons. The normalized spacial score (nSPS) is 20.9. The fourth-order valence-electron chi connectivity index (χ4n) is 1.98. The highest BCUT2D eigenvalue weighted by Crippen LogP contribution is 2.27. The average molecular weight is 218 g/mol. The summed E-state index contributed by atoms with van der Waals surface area (Å²) in [7, 11) is 0. The van der Waals surface area contributed by atoms with Gasteiger partial charge in [0.1, 0.15) is 5.52 Å². The third-order valence-electron chi connectivity index (χ3n) is 2.71. The van der Waals surface area contributed by atoms with Gasteiger partial charge in [0.15, 0.2) is 5.52 Å². The lowest BCUT2D eigenvalue weighted by Crippen LogP contribution is -2.28. The predicted molar refractivity (Wildman–Crippen MR) is 56.7 cm³/mol. The molecule has 2 N–H and O–H groups in total. The Labute approximate surface area is 91.0 Å².